The molecule has 0 radical (unpaired) electrons. The molecule has 1 heterocycles. The molecule has 4 rings (SSSR count). The lowest BCUT2D eigenvalue weighted by molar-refractivity contribution is 0.0937. The average Bonchev–Trinajstić information content (AvgIpc) is 3.43. The van der Waals surface area contributed by atoms with E-state index >= 15 is 0 Å². The number of likely N-dealkylation sites (tertiary alicyclic amines) is 1. The summed E-state index contributed by atoms with van der Waals surface area (Å²) in [5.74, 6) is 0.486. The topological polar surface area (TPSA) is 87.7 Å². The highest BCUT2D eigenvalue weighted by atomic mass is 32.2. The van der Waals surface area contributed by atoms with E-state index in [2.05, 4.69) is 14.9 Å². The van der Waals surface area contributed by atoms with Crippen LogP contribution in [0.5, 0.6) is 5.75 Å². The zero-order valence-corrected chi connectivity index (χ0v) is 20.6. The van der Waals surface area contributed by atoms with Gasteiger partial charge in [0, 0.05) is 18.7 Å². The smallest absolute Gasteiger partial charge is 0.251 e. The molecule has 0 saturated carbocycles. The molecule has 0 unspecified atom stereocenters. The van der Waals surface area contributed by atoms with Crippen molar-refractivity contribution >= 4 is 15.9 Å². The summed E-state index contributed by atoms with van der Waals surface area (Å²) in [6.07, 6.45) is 2.27. The van der Waals surface area contributed by atoms with Gasteiger partial charge in [-0.1, -0.05) is 48.5 Å². The molecule has 3 aromatic carbocycles. The van der Waals surface area contributed by atoms with Crippen LogP contribution >= 0.6 is 0 Å². The minimum atomic E-state index is -3.76. The number of methoxy groups -OCH3 is 1. The highest BCUT2D eigenvalue weighted by molar-refractivity contribution is 7.89. The Hall–Kier alpha value is -3.20. The SMILES string of the molecule is COc1ccc([C@@H](CNC(=O)c2cccc(S(=O)(=O)NCc3ccccc3)c2)N2CCCC2)cc1. The Kier molecular flexibility index (Phi) is 8.17. The number of nitrogens with zero attached hydrogens (tertiary/aromatic N) is 1. The molecule has 0 bridgehead atoms. The summed E-state index contributed by atoms with van der Waals surface area (Å²) < 4.78 is 33.5. The van der Waals surface area contributed by atoms with Crippen molar-refractivity contribution in [1.29, 1.82) is 0 Å². The van der Waals surface area contributed by atoms with Crippen LogP contribution in [0.3, 0.4) is 0 Å². The maximum Gasteiger partial charge on any atom is 0.251 e. The maximum atomic E-state index is 13.0. The Balaban J connectivity index is 1.44. The van der Waals surface area contributed by atoms with Gasteiger partial charge in [-0.05, 0) is 67.4 Å². The first-order valence-corrected chi connectivity index (χ1v) is 13.2. The Morgan fingerprint density at radius 1 is 0.971 bits per heavy atom. The summed E-state index contributed by atoms with van der Waals surface area (Å²) >= 11 is 0. The van der Waals surface area contributed by atoms with E-state index in [1.54, 1.807) is 19.2 Å². The molecule has 3 aromatic rings. The molecule has 35 heavy (non-hydrogen) atoms. The van der Waals surface area contributed by atoms with Gasteiger partial charge in [-0.15, -0.1) is 0 Å². The Morgan fingerprint density at radius 2 is 1.69 bits per heavy atom. The Morgan fingerprint density at radius 3 is 2.37 bits per heavy atom. The summed E-state index contributed by atoms with van der Waals surface area (Å²) in [6.45, 7) is 2.56. The van der Waals surface area contributed by atoms with Gasteiger partial charge in [-0.25, -0.2) is 13.1 Å². The molecule has 1 amide bonds. The fourth-order valence-electron chi connectivity index (χ4n) is 4.29. The van der Waals surface area contributed by atoms with E-state index in [9.17, 15) is 13.2 Å². The van der Waals surface area contributed by atoms with Gasteiger partial charge in [0.05, 0.1) is 18.0 Å². The second kappa shape index (κ2) is 11.5. The van der Waals surface area contributed by atoms with Gasteiger partial charge >= 0.3 is 0 Å². The van der Waals surface area contributed by atoms with Crippen LogP contribution in [0, 0.1) is 0 Å². The van der Waals surface area contributed by atoms with E-state index in [-0.39, 0.29) is 23.4 Å². The van der Waals surface area contributed by atoms with Gasteiger partial charge in [0.2, 0.25) is 10.0 Å². The normalized spacial score (nSPS) is 15.0. The molecule has 1 saturated heterocycles. The van der Waals surface area contributed by atoms with E-state index in [1.165, 1.54) is 12.1 Å². The van der Waals surface area contributed by atoms with Crippen molar-refractivity contribution in [3.8, 4) is 5.75 Å². The number of hydrogen-bond acceptors (Lipinski definition) is 5. The molecule has 0 aliphatic carbocycles. The van der Waals surface area contributed by atoms with E-state index in [4.69, 9.17) is 4.74 Å². The molecule has 1 aliphatic rings. The van der Waals surface area contributed by atoms with Crippen LogP contribution in [0.15, 0.2) is 83.8 Å². The van der Waals surface area contributed by atoms with Crippen molar-refractivity contribution in [2.24, 2.45) is 0 Å². The monoisotopic (exact) mass is 493 g/mol. The van der Waals surface area contributed by atoms with E-state index < -0.39 is 10.0 Å². The third-order valence-electron chi connectivity index (χ3n) is 6.25. The van der Waals surface area contributed by atoms with Crippen LogP contribution in [-0.2, 0) is 16.6 Å². The van der Waals surface area contributed by atoms with Crippen LogP contribution in [0.2, 0.25) is 0 Å². The number of carbonyl (C=O) groups is 1. The molecule has 8 heteroatoms. The number of sulfonamides is 1. The van der Waals surface area contributed by atoms with Crippen molar-refractivity contribution < 1.29 is 17.9 Å². The van der Waals surface area contributed by atoms with Crippen LogP contribution in [0.1, 0.15) is 40.4 Å². The highest BCUT2D eigenvalue weighted by Crippen LogP contribution is 2.26. The van der Waals surface area contributed by atoms with E-state index in [1.807, 2.05) is 54.6 Å². The van der Waals surface area contributed by atoms with Crippen molar-refractivity contribution in [3.05, 3.63) is 95.6 Å². The number of benzene rings is 3. The summed E-state index contributed by atoms with van der Waals surface area (Å²) in [5.41, 5.74) is 2.27. The molecular weight excluding hydrogens is 462 g/mol. The molecule has 184 valence electrons. The number of rotatable bonds is 10. The standard InChI is InChI=1S/C27H31N3O4S/c1-34-24-14-12-22(13-15-24)26(30-16-5-6-17-30)20-28-27(31)23-10-7-11-25(18-23)35(32,33)29-19-21-8-3-2-4-9-21/h2-4,7-15,18,26,29H,5-6,16-17,19-20H2,1H3,(H,28,31)/t26-/m1/s1. The predicted octanol–water partition coefficient (Wildman–Crippen LogP) is 3.74. The van der Waals surface area contributed by atoms with Crippen LogP contribution in [0.25, 0.3) is 0 Å². The van der Waals surface area contributed by atoms with Gasteiger partial charge in [0.25, 0.3) is 5.91 Å². The zero-order chi connectivity index (χ0) is 24.7. The molecule has 2 N–H and O–H groups in total. The lowest BCUT2D eigenvalue weighted by atomic mass is 10.0. The molecular formula is C27H31N3O4S. The summed E-state index contributed by atoms with van der Waals surface area (Å²) in [4.78, 5) is 15.4. The summed E-state index contributed by atoms with van der Waals surface area (Å²) in [7, 11) is -2.12. The largest absolute Gasteiger partial charge is 0.497 e. The molecule has 1 fully saturated rings. The van der Waals surface area contributed by atoms with Crippen LogP contribution in [0.4, 0.5) is 0 Å². The first-order chi connectivity index (χ1) is 17.0. The lowest BCUT2D eigenvalue weighted by Crippen LogP contribution is -2.36. The predicted molar refractivity (Wildman–Crippen MR) is 136 cm³/mol. The van der Waals surface area contributed by atoms with Crippen molar-refractivity contribution in [3.63, 3.8) is 0 Å². The van der Waals surface area contributed by atoms with E-state index in [0.29, 0.717) is 12.1 Å². The number of ether oxygens (including phenoxy) is 1. The number of nitrogens with one attached hydrogen (secondary N) is 2. The Bertz CT molecular complexity index is 1220. The lowest BCUT2D eigenvalue weighted by Gasteiger charge is -2.28. The highest BCUT2D eigenvalue weighted by Gasteiger charge is 2.24. The van der Waals surface area contributed by atoms with Gasteiger partial charge in [-0.3, -0.25) is 9.69 Å². The van der Waals surface area contributed by atoms with Crippen LogP contribution in [-0.4, -0.2) is 46.0 Å². The maximum absolute atomic E-state index is 13.0. The number of carbonyl (C=O) groups excluding carboxylic acids is 1. The van der Waals surface area contributed by atoms with Crippen LogP contribution < -0.4 is 14.8 Å². The minimum Gasteiger partial charge on any atom is -0.497 e. The van der Waals surface area contributed by atoms with Gasteiger partial charge in [0.15, 0.2) is 0 Å². The number of amides is 1. The van der Waals surface area contributed by atoms with Crippen molar-refractivity contribution in [2.75, 3.05) is 26.7 Å². The first-order valence-electron chi connectivity index (χ1n) is 11.8. The average molecular weight is 494 g/mol. The van der Waals surface area contributed by atoms with Crippen molar-refractivity contribution in [2.45, 2.75) is 30.3 Å². The van der Waals surface area contributed by atoms with Crippen molar-refractivity contribution in [1.82, 2.24) is 14.9 Å². The zero-order valence-electron chi connectivity index (χ0n) is 19.8. The van der Waals surface area contributed by atoms with Gasteiger partial charge < -0.3 is 10.1 Å². The Labute approximate surface area is 207 Å². The molecule has 0 spiro atoms. The molecule has 1 atom stereocenters. The quantitative estimate of drug-likeness (QED) is 0.449. The third-order valence-corrected chi connectivity index (χ3v) is 7.65. The molecule has 1 aliphatic heterocycles. The second-order valence-electron chi connectivity index (χ2n) is 8.58. The summed E-state index contributed by atoms with van der Waals surface area (Å²) in [6, 6.07) is 23.4. The fourth-order valence-corrected chi connectivity index (χ4v) is 5.35. The summed E-state index contributed by atoms with van der Waals surface area (Å²) in [5, 5.41) is 3.01. The second-order valence-corrected chi connectivity index (χ2v) is 10.3. The molecule has 7 nitrogen and oxygen atoms in total. The fraction of sp³-hybridized carbons (Fsp3) is 0.296. The third kappa shape index (κ3) is 6.48. The number of hydrogen-bond donors (Lipinski definition) is 2. The molecule has 0 aromatic heterocycles. The minimum absolute atomic E-state index is 0.0341. The van der Waals surface area contributed by atoms with Gasteiger partial charge in [-0.2, -0.15) is 0 Å². The van der Waals surface area contributed by atoms with Gasteiger partial charge in [0.1, 0.15) is 5.75 Å². The first kappa shape index (κ1) is 24.9. The van der Waals surface area contributed by atoms with E-state index in [0.717, 1.165) is 42.8 Å².